The van der Waals surface area contributed by atoms with Crippen LogP contribution in [0.3, 0.4) is 0 Å². The Labute approximate surface area is 157 Å². The van der Waals surface area contributed by atoms with E-state index in [2.05, 4.69) is 4.90 Å². The number of ether oxygens (including phenoxy) is 1. The molecule has 0 unspecified atom stereocenters. The van der Waals surface area contributed by atoms with E-state index in [1.165, 1.54) is 18.2 Å². The van der Waals surface area contributed by atoms with Gasteiger partial charge >= 0.3 is 0 Å². The number of nitrogens with zero attached hydrogens (tertiary/aromatic N) is 3. The number of nitro benzene ring substituents is 1. The molecule has 0 radical (unpaired) electrons. The number of carbonyl (C=O) groups excluding carboxylic acids is 1. The van der Waals surface area contributed by atoms with Gasteiger partial charge in [0.05, 0.1) is 12.0 Å². The molecule has 0 saturated carbocycles. The highest BCUT2D eigenvalue weighted by Crippen LogP contribution is 2.20. The zero-order valence-electron chi connectivity index (χ0n) is 15.1. The molecule has 2 aromatic carbocycles. The van der Waals surface area contributed by atoms with Gasteiger partial charge in [-0.25, -0.2) is 0 Å². The van der Waals surface area contributed by atoms with Crippen LogP contribution in [0.5, 0.6) is 5.75 Å². The average molecular weight is 367 g/mol. The largest absolute Gasteiger partial charge is 0.497 e. The van der Waals surface area contributed by atoms with Gasteiger partial charge in [-0.2, -0.15) is 0 Å². The number of rotatable bonds is 5. The van der Waals surface area contributed by atoms with Crippen LogP contribution in [0.25, 0.3) is 6.08 Å². The molecule has 0 bridgehead atoms. The van der Waals surface area contributed by atoms with Crippen LogP contribution in [0.4, 0.5) is 11.4 Å². The average Bonchev–Trinajstić information content (AvgIpc) is 2.72. The highest BCUT2D eigenvalue weighted by molar-refractivity contribution is 5.92. The van der Waals surface area contributed by atoms with Gasteiger partial charge < -0.3 is 14.5 Å². The summed E-state index contributed by atoms with van der Waals surface area (Å²) in [6.07, 6.45) is 3.20. The molecule has 0 aromatic heterocycles. The molecule has 1 fully saturated rings. The van der Waals surface area contributed by atoms with E-state index >= 15 is 0 Å². The van der Waals surface area contributed by atoms with E-state index < -0.39 is 4.92 Å². The van der Waals surface area contributed by atoms with E-state index in [0.29, 0.717) is 13.1 Å². The van der Waals surface area contributed by atoms with Crippen LogP contribution in [0.15, 0.2) is 54.6 Å². The summed E-state index contributed by atoms with van der Waals surface area (Å²) in [5.41, 5.74) is 1.91. The molecule has 1 saturated heterocycles. The Bertz CT molecular complexity index is 823. The van der Waals surface area contributed by atoms with E-state index in [1.807, 2.05) is 29.2 Å². The lowest BCUT2D eigenvalue weighted by molar-refractivity contribution is -0.384. The van der Waals surface area contributed by atoms with Gasteiger partial charge in [-0.3, -0.25) is 14.9 Å². The van der Waals surface area contributed by atoms with E-state index in [9.17, 15) is 14.9 Å². The van der Waals surface area contributed by atoms with Crippen molar-refractivity contribution in [1.82, 2.24) is 4.90 Å². The predicted octanol–water partition coefficient (Wildman–Crippen LogP) is 2.97. The molecule has 1 aliphatic heterocycles. The van der Waals surface area contributed by atoms with Crippen LogP contribution in [-0.4, -0.2) is 49.0 Å². The SMILES string of the molecule is COc1ccc(N2CCN(C(=O)/C=C/c3ccc([N+](=O)[O-])cc3)CC2)cc1. The Morgan fingerprint density at radius 3 is 2.22 bits per heavy atom. The number of benzene rings is 2. The summed E-state index contributed by atoms with van der Waals surface area (Å²) in [5.74, 6) is 0.770. The first-order valence-electron chi connectivity index (χ1n) is 8.67. The molecule has 1 heterocycles. The Balaban J connectivity index is 1.53. The lowest BCUT2D eigenvalue weighted by Gasteiger charge is -2.35. The quantitative estimate of drug-likeness (QED) is 0.461. The van der Waals surface area contributed by atoms with Crippen molar-refractivity contribution in [2.45, 2.75) is 0 Å². The minimum atomic E-state index is -0.444. The van der Waals surface area contributed by atoms with Gasteiger partial charge in [-0.05, 0) is 48.0 Å². The molecule has 1 aliphatic rings. The fourth-order valence-electron chi connectivity index (χ4n) is 2.96. The molecule has 2 aromatic rings. The number of methoxy groups -OCH3 is 1. The maximum atomic E-state index is 12.4. The molecule has 7 heteroatoms. The summed E-state index contributed by atoms with van der Waals surface area (Å²) in [6.45, 7) is 2.83. The molecular weight excluding hydrogens is 346 g/mol. The summed E-state index contributed by atoms with van der Waals surface area (Å²) in [5, 5.41) is 10.7. The van der Waals surface area contributed by atoms with Crippen molar-refractivity contribution in [3.63, 3.8) is 0 Å². The number of nitro groups is 1. The lowest BCUT2D eigenvalue weighted by Crippen LogP contribution is -2.48. The van der Waals surface area contributed by atoms with Crippen molar-refractivity contribution in [1.29, 1.82) is 0 Å². The number of carbonyl (C=O) groups is 1. The van der Waals surface area contributed by atoms with Crippen molar-refractivity contribution < 1.29 is 14.5 Å². The molecule has 0 N–H and O–H groups in total. The summed E-state index contributed by atoms with van der Waals surface area (Å²) in [7, 11) is 1.64. The minimum Gasteiger partial charge on any atom is -0.497 e. The number of piperazine rings is 1. The standard InChI is InChI=1S/C20H21N3O4/c1-27-19-9-7-17(8-10-19)21-12-14-22(15-13-21)20(24)11-4-16-2-5-18(6-3-16)23(25)26/h2-11H,12-15H2,1H3/b11-4+. The molecule has 3 rings (SSSR count). The maximum absolute atomic E-state index is 12.4. The van der Waals surface area contributed by atoms with Crippen LogP contribution in [0.2, 0.25) is 0 Å². The molecule has 0 atom stereocenters. The number of amides is 1. The van der Waals surface area contributed by atoms with Crippen LogP contribution in [-0.2, 0) is 4.79 Å². The normalized spacial score (nSPS) is 14.4. The van der Waals surface area contributed by atoms with Gasteiger partial charge in [-0.15, -0.1) is 0 Å². The van der Waals surface area contributed by atoms with Gasteiger partial charge in [0.2, 0.25) is 5.91 Å². The topological polar surface area (TPSA) is 75.9 Å². The summed E-state index contributed by atoms with van der Waals surface area (Å²) < 4.78 is 5.17. The smallest absolute Gasteiger partial charge is 0.269 e. The summed E-state index contributed by atoms with van der Waals surface area (Å²) in [4.78, 5) is 26.6. The van der Waals surface area contributed by atoms with Crippen LogP contribution >= 0.6 is 0 Å². The zero-order valence-corrected chi connectivity index (χ0v) is 15.1. The number of non-ortho nitro benzene ring substituents is 1. The Hall–Kier alpha value is -3.35. The lowest BCUT2D eigenvalue weighted by atomic mass is 10.2. The van der Waals surface area contributed by atoms with E-state index in [-0.39, 0.29) is 11.6 Å². The fraction of sp³-hybridized carbons (Fsp3) is 0.250. The second-order valence-corrected chi connectivity index (χ2v) is 6.19. The molecule has 0 aliphatic carbocycles. The van der Waals surface area contributed by atoms with Gasteiger partial charge in [-0.1, -0.05) is 0 Å². The predicted molar refractivity (Wildman–Crippen MR) is 104 cm³/mol. The van der Waals surface area contributed by atoms with Crippen LogP contribution < -0.4 is 9.64 Å². The first kappa shape index (κ1) is 18.4. The van der Waals surface area contributed by atoms with E-state index in [1.54, 1.807) is 25.3 Å². The first-order valence-corrected chi connectivity index (χ1v) is 8.67. The second-order valence-electron chi connectivity index (χ2n) is 6.19. The summed E-state index contributed by atoms with van der Waals surface area (Å²) >= 11 is 0. The minimum absolute atomic E-state index is 0.0353. The van der Waals surface area contributed by atoms with Crippen LogP contribution in [0.1, 0.15) is 5.56 Å². The van der Waals surface area contributed by atoms with Gasteiger partial charge in [0.15, 0.2) is 0 Å². The molecule has 1 amide bonds. The number of hydrogen-bond acceptors (Lipinski definition) is 5. The fourth-order valence-corrected chi connectivity index (χ4v) is 2.96. The van der Waals surface area contributed by atoms with Crippen molar-refractivity contribution in [2.75, 3.05) is 38.2 Å². The van der Waals surface area contributed by atoms with Gasteiger partial charge in [0.1, 0.15) is 5.75 Å². The Morgan fingerprint density at radius 2 is 1.67 bits per heavy atom. The van der Waals surface area contributed by atoms with Crippen molar-refractivity contribution in [2.24, 2.45) is 0 Å². The summed E-state index contributed by atoms with van der Waals surface area (Å²) in [6, 6.07) is 14.0. The van der Waals surface area contributed by atoms with Crippen LogP contribution in [0, 0.1) is 10.1 Å². The first-order chi connectivity index (χ1) is 13.1. The monoisotopic (exact) mass is 367 g/mol. The zero-order chi connectivity index (χ0) is 19.2. The highest BCUT2D eigenvalue weighted by Gasteiger charge is 2.19. The van der Waals surface area contributed by atoms with Gasteiger partial charge in [0.25, 0.3) is 5.69 Å². The van der Waals surface area contributed by atoms with Crippen molar-refractivity contribution in [3.05, 3.63) is 70.3 Å². The second kappa shape index (κ2) is 8.35. The molecule has 7 nitrogen and oxygen atoms in total. The Morgan fingerprint density at radius 1 is 1.04 bits per heavy atom. The van der Waals surface area contributed by atoms with E-state index in [0.717, 1.165) is 30.1 Å². The highest BCUT2D eigenvalue weighted by atomic mass is 16.6. The molecular formula is C20H21N3O4. The number of hydrogen-bond donors (Lipinski definition) is 0. The van der Waals surface area contributed by atoms with Gasteiger partial charge in [0, 0.05) is 50.1 Å². The van der Waals surface area contributed by atoms with Crippen molar-refractivity contribution in [3.8, 4) is 5.75 Å². The third-order valence-electron chi connectivity index (χ3n) is 4.55. The maximum Gasteiger partial charge on any atom is 0.269 e. The third kappa shape index (κ3) is 4.63. The Kier molecular flexibility index (Phi) is 5.71. The number of anilines is 1. The molecule has 27 heavy (non-hydrogen) atoms. The molecule has 140 valence electrons. The third-order valence-corrected chi connectivity index (χ3v) is 4.55. The molecule has 0 spiro atoms. The van der Waals surface area contributed by atoms with E-state index in [4.69, 9.17) is 4.74 Å². The van der Waals surface area contributed by atoms with Crippen molar-refractivity contribution >= 4 is 23.4 Å².